The van der Waals surface area contributed by atoms with Gasteiger partial charge in [0.2, 0.25) is 5.91 Å². The van der Waals surface area contributed by atoms with Crippen LogP contribution in [0.2, 0.25) is 5.02 Å². The van der Waals surface area contributed by atoms with Crippen molar-refractivity contribution in [1.82, 2.24) is 14.8 Å². The second-order valence-corrected chi connectivity index (χ2v) is 7.10. The van der Waals surface area contributed by atoms with E-state index in [4.69, 9.17) is 11.6 Å². The molecule has 0 bridgehead atoms. The fourth-order valence-corrected chi connectivity index (χ4v) is 3.15. The lowest BCUT2D eigenvalue weighted by molar-refractivity contribution is -0.116. The zero-order valence-corrected chi connectivity index (χ0v) is 15.6. The number of amides is 1. The summed E-state index contributed by atoms with van der Waals surface area (Å²) in [5, 5.41) is 12.3. The molecule has 1 aromatic heterocycles. The number of hydrogen-bond acceptors (Lipinski definition) is 3. The van der Waals surface area contributed by atoms with E-state index in [0.717, 1.165) is 42.2 Å². The fraction of sp³-hybridized carbons (Fsp3) is 0.526. The average molecular weight is 361 g/mol. The monoisotopic (exact) mass is 360 g/mol. The first-order valence-corrected chi connectivity index (χ1v) is 9.45. The minimum absolute atomic E-state index is 0.0224. The number of benzene rings is 1. The molecular formula is C19H25ClN4O. The van der Waals surface area contributed by atoms with E-state index in [0.29, 0.717) is 23.9 Å². The molecular weight excluding hydrogens is 336 g/mol. The molecule has 3 rings (SSSR count). The normalized spacial score (nSPS) is 13.9. The summed E-state index contributed by atoms with van der Waals surface area (Å²) < 4.78 is 2.27. The second-order valence-electron chi connectivity index (χ2n) is 6.70. The number of aryl methyl sites for hydroxylation is 2. The fourth-order valence-electron chi connectivity index (χ4n) is 2.97. The molecule has 1 aliphatic rings. The van der Waals surface area contributed by atoms with Crippen molar-refractivity contribution in [3.63, 3.8) is 0 Å². The molecule has 1 aliphatic carbocycles. The molecule has 1 fully saturated rings. The minimum Gasteiger partial charge on any atom is -0.326 e. The van der Waals surface area contributed by atoms with Gasteiger partial charge < -0.3 is 9.88 Å². The smallest absolute Gasteiger partial charge is 0.224 e. The van der Waals surface area contributed by atoms with Gasteiger partial charge in [0.25, 0.3) is 0 Å². The Kier molecular flexibility index (Phi) is 5.74. The van der Waals surface area contributed by atoms with Crippen LogP contribution in [0.3, 0.4) is 0 Å². The van der Waals surface area contributed by atoms with Crippen molar-refractivity contribution in [3.8, 4) is 0 Å². The van der Waals surface area contributed by atoms with Gasteiger partial charge in [-0.1, -0.05) is 31.0 Å². The van der Waals surface area contributed by atoms with E-state index >= 15 is 0 Å². The standard InChI is InChI=1S/C19H25ClN4O/c1-3-4-8-17-22-23-18(24(17)14-9-10-14)11-12-19(25)21-16-7-5-6-15(20)13(16)2/h5-7,14H,3-4,8-12H2,1-2H3,(H,21,25). The van der Waals surface area contributed by atoms with Gasteiger partial charge in [-0.3, -0.25) is 4.79 Å². The van der Waals surface area contributed by atoms with Gasteiger partial charge in [0.05, 0.1) is 0 Å². The lowest BCUT2D eigenvalue weighted by atomic mass is 10.2. The predicted molar refractivity (Wildman–Crippen MR) is 100 cm³/mol. The van der Waals surface area contributed by atoms with Crippen molar-refractivity contribution in [1.29, 1.82) is 0 Å². The number of halogens is 1. The molecule has 0 saturated heterocycles. The van der Waals surface area contributed by atoms with Crippen molar-refractivity contribution in [2.24, 2.45) is 0 Å². The SMILES string of the molecule is CCCCc1nnc(CCC(=O)Nc2cccc(Cl)c2C)n1C1CC1. The van der Waals surface area contributed by atoms with Crippen LogP contribution in [0.15, 0.2) is 18.2 Å². The Labute approximate surface area is 153 Å². The molecule has 0 unspecified atom stereocenters. The first kappa shape index (κ1) is 17.9. The molecule has 0 aliphatic heterocycles. The van der Waals surface area contributed by atoms with Crippen LogP contribution in [0.5, 0.6) is 0 Å². The molecule has 5 nitrogen and oxygen atoms in total. The first-order valence-electron chi connectivity index (χ1n) is 9.07. The van der Waals surface area contributed by atoms with Gasteiger partial charge >= 0.3 is 0 Å². The molecule has 0 radical (unpaired) electrons. The number of carbonyl (C=O) groups is 1. The zero-order chi connectivity index (χ0) is 17.8. The van der Waals surface area contributed by atoms with Crippen LogP contribution in [0.25, 0.3) is 0 Å². The molecule has 134 valence electrons. The maximum Gasteiger partial charge on any atom is 0.224 e. The molecule has 6 heteroatoms. The Balaban J connectivity index is 1.62. The molecule has 1 N–H and O–H groups in total. The quantitative estimate of drug-likeness (QED) is 0.754. The van der Waals surface area contributed by atoms with E-state index in [1.807, 2.05) is 25.1 Å². The molecule has 0 spiro atoms. The highest BCUT2D eigenvalue weighted by Gasteiger charge is 2.29. The third kappa shape index (κ3) is 4.40. The van der Waals surface area contributed by atoms with Gasteiger partial charge in [-0.2, -0.15) is 0 Å². The van der Waals surface area contributed by atoms with E-state index in [-0.39, 0.29) is 5.91 Å². The molecule has 1 amide bonds. The Morgan fingerprint density at radius 3 is 2.68 bits per heavy atom. The van der Waals surface area contributed by atoms with Gasteiger partial charge in [0.15, 0.2) is 0 Å². The van der Waals surface area contributed by atoms with Crippen LogP contribution in [-0.2, 0) is 17.6 Å². The summed E-state index contributed by atoms with van der Waals surface area (Å²) in [6, 6.07) is 6.07. The average Bonchev–Trinajstić information content (AvgIpc) is 3.36. The van der Waals surface area contributed by atoms with Crippen LogP contribution < -0.4 is 5.32 Å². The van der Waals surface area contributed by atoms with Crippen molar-refractivity contribution in [3.05, 3.63) is 40.4 Å². The van der Waals surface area contributed by atoms with E-state index in [2.05, 4.69) is 27.0 Å². The van der Waals surface area contributed by atoms with Crippen LogP contribution in [0.4, 0.5) is 5.69 Å². The van der Waals surface area contributed by atoms with Gasteiger partial charge in [0.1, 0.15) is 11.6 Å². The van der Waals surface area contributed by atoms with Crippen molar-refractivity contribution < 1.29 is 4.79 Å². The summed E-state index contributed by atoms with van der Waals surface area (Å²) in [6.45, 7) is 4.09. The second kappa shape index (κ2) is 8.00. The number of rotatable bonds is 8. The molecule has 1 saturated carbocycles. The predicted octanol–water partition coefficient (Wildman–Crippen LogP) is 4.49. The van der Waals surface area contributed by atoms with Gasteiger partial charge in [-0.05, 0) is 43.9 Å². The summed E-state index contributed by atoms with van der Waals surface area (Å²) in [7, 11) is 0. The zero-order valence-electron chi connectivity index (χ0n) is 14.9. The lowest BCUT2D eigenvalue weighted by Crippen LogP contribution is -2.15. The molecule has 2 aromatic rings. The Morgan fingerprint density at radius 2 is 2.00 bits per heavy atom. The third-order valence-corrected chi connectivity index (χ3v) is 5.03. The molecule has 25 heavy (non-hydrogen) atoms. The number of aromatic nitrogens is 3. The summed E-state index contributed by atoms with van der Waals surface area (Å²) in [5.41, 5.74) is 1.66. The summed E-state index contributed by atoms with van der Waals surface area (Å²) in [4.78, 5) is 12.3. The minimum atomic E-state index is -0.0224. The molecule has 0 atom stereocenters. The van der Waals surface area contributed by atoms with E-state index in [9.17, 15) is 4.79 Å². The van der Waals surface area contributed by atoms with Gasteiger partial charge in [0, 0.05) is 36.0 Å². The number of hydrogen-bond donors (Lipinski definition) is 1. The maximum absolute atomic E-state index is 12.3. The summed E-state index contributed by atoms with van der Waals surface area (Å²) in [5.74, 6) is 1.99. The molecule has 1 heterocycles. The lowest BCUT2D eigenvalue weighted by Gasteiger charge is -2.11. The van der Waals surface area contributed by atoms with Crippen LogP contribution in [0, 0.1) is 6.92 Å². The molecule has 1 aromatic carbocycles. The van der Waals surface area contributed by atoms with Crippen LogP contribution in [-0.4, -0.2) is 20.7 Å². The number of nitrogens with one attached hydrogen (secondary N) is 1. The van der Waals surface area contributed by atoms with Gasteiger partial charge in [-0.25, -0.2) is 0 Å². The van der Waals surface area contributed by atoms with Crippen LogP contribution >= 0.6 is 11.6 Å². The van der Waals surface area contributed by atoms with Crippen molar-refractivity contribution in [2.75, 3.05) is 5.32 Å². The maximum atomic E-state index is 12.3. The first-order chi connectivity index (χ1) is 12.1. The number of carbonyl (C=O) groups excluding carboxylic acids is 1. The summed E-state index contributed by atoms with van der Waals surface area (Å²) in [6.07, 6.45) is 6.63. The van der Waals surface area contributed by atoms with E-state index in [1.165, 1.54) is 12.8 Å². The Hall–Kier alpha value is -1.88. The van der Waals surface area contributed by atoms with Gasteiger partial charge in [-0.15, -0.1) is 10.2 Å². The number of unbranched alkanes of at least 4 members (excludes halogenated alkanes) is 1. The Bertz CT molecular complexity index is 752. The number of nitrogens with zero attached hydrogens (tertiary/aromatic N) is 3. The number of anilines is 1. The Morgan fingerprint density at radius 1 is 1.28 bits per heavy atom. The largest absolute Gasteiger partial charge is 0.326 e. The summed E-state index contributed by atoms with van der Waals surface area (Å²) >= 11 is 6.10. The van der Waals surface area contributed by atoms with Crippen LogP contribution in [0.1, 0.15) is 62.3 Å². The van der Waals surface area contributed by atoms with Crippen molar-refractivity contribution >= 4 is 23.2 Å². The van der Waals surface area contributed by atoms with E-state index < -0.39 is 0 Å². The third-order valence-electron chi connectivity index (χ3n) is 4.62. The van der Waals surface area contributed by atoms with Crippen molar-refractivity contribution in [2.45, 2.75) is 64.8 Å². The highest BCUT2D eigenvalue weighted by atomic mass is 35.5. The van der Waals surface area contributed by atoms with E-state index in [1.54, 1.807) is 0 Å². The highest BCUT2D eigenvalue weighted by Crippen LogP contribution is 2.37. The highest BCUT2D eigenvalue weighted by molar-refractivity contribution is 6.31. The topological polar surface area (TPSA) is 59.8 Å².